The summed E-state index contributed by atoms with van der Waals surface area (Å²) in [7, 11) is 0. The molecule has 1 aliphatic rings. The van der Waals surface area contributed by atoms with Crippen LogP contribution in [0.5, 0.6) is 0 Å². The fraction of sp³-hybridized carbons (Fsp3) is 0.0909. The maximum Gasteiger partial charge on any atom is 0.360 e. The molecule has 3 heterocycles. The summed E-state index contributed by atoms with van der Waals surface area (Å²) in [6.07, 6.45) is 1.60. The van der Waals surface area contributed by atoms with Gasteiger partial charge in [0.1, 0.15) is 23.4 Å². The number of rotatable bonds is 3. The Bertz CT molecular complexity index is 1410. The van der Waals surface area contributed by atoms with E-state index in [0.29, 0.717) is 16.6 Å². The summed E-state index contributed by atoms with van der Waals surface area (Å²) in [5.41, 5.74) is 1.51. The van der Waals surface area contributed by atoms with E-state index in [2.05, 4.69) is 5.32 Å². The molecule has 3 amide bonds. The number of carbonyl (C=O) groups excluding carboxylic acids is 3. The Morgan fingerprint density at radius 1 is 1.00 bits per heavy atom. The molecule has 2 aromatic heterocycles. The van der Waals surface area contributed by atoms with Crippen LogP contribution >= 0.6 is 0 Å². The molecule has 2 aromatic carbocycles. The summed E-state index contributed by atoms with van der Waals surface area (Å²) >= 11 is 0. The van der Waals surface area contributed by atoms with Gasteiger partial charge in [-0.15, -0.1) is 0 Å². The SMILES string of the molecule is Cc1coc2cc3oc(=O)c(NC(=O)CN4C(=O)c5ccccc5C4=O)cc3cc12. The number of imide groups is 1. The summed E-state index contributed by atoms with van der Waals surface area (Å²) in [5, 5.41) is 3.90. The highest BCUT2D eigenvalue weighted by Gasteiger charge is 2.36. The number of benzene rings is 2. The topological polar surface area (TPSA) is 110 Å². The van der Waals surface area contributed by atoms with Gasteiger partial charge in [-0.2, -0.15) is 0 Å². The number of nitrogens with one attached hydrogen (secondary N) is 1. The molecule has 4 aromatic rings. The van der Waals surface area contributed by atoms with Crippen molar-refractivity contribution in [3.8, 4) is 0 Å². The monoisotopic (exact) mass is 402 g/mol. The summed E-state index contributed by atoms with van der Waals surface area (Å²) in [5.74, 6) is -1.78. The third-order valence-electron chi connectivity index (χ3n) is 5.08. The lowest BCUT2D eigenvalue weighted by Crippen LogP contribution is -2.37. The van der Waals surface area contributed by atoms with E-state index in [1.54, 1.807) is 30.5 Å². The van der Waals surface area contributed by atoms with Crippen LogP contribution in [0.2, 0.25) is 0 Å². The normalized spacial score (nSPS) is 13.3. The van der Waals surface area contributed by atoms with Gasteiger partial charge in [-0.3, -0.25) is 19.3 Å². The van der Waals surface area contributed by atoms with Crippen LogP contribution in [0.15, 0.2) is 62.4 Å². The quantitative estimate of drug-likeness (QED) is 0.417. The van der Waals surface area contributed by atoms with Crippen LogP contribution in [0.1, 0.15) is 26.3 Å². The highest BCUT2D eigenvalue weighted by molar-refractivity contribution is 6.22. The third kappa shape index (κ3) is 2.69. The van der Waals surface area contributed by atoms with E-state index in [-0.39, 0.29) is 16.8 Å². The van der Waals surface area contributed by atoms with E-state index >= 15 is 0 Å². The molecule has 30 heavy (non-hydrogen) atoms. The van der Waals surface area contributed by atoms with Gasteiger partial charge in [-0.25, -0.2) is 4.79 Å². The molecule has 0 aliphatic carbocycles. The average Bonchev–Trinajstić information content (AvgIpc) is 3.20. The number of fused-ring (bicyclic) bond motifs is 3. The van der Waals surface area contributed by atoms with Crippen LogP contribution in [-0.4, -0.2) is 29.2 Å². The van der Waals surface area contributed by atoms with Gasteiger partial charge in [-0.05, 0) is 36.8 Å². The van der Waals surface area contributed by atoms with Crippen molar-refractivity contribution in [2.45, 2.75) is 6.92 Å². The summed E-state index contributed by atoms with van der Waals surface area (Å²) in [6, 6.07) is 11.3. The second kappa shape index (κ2) is 6.41. The zero-order chi connectivity index (χ0) is 21.0. The number of hydrogen-bond acceptors (Lipinski definition) is 6. The lowest BCUT2D eigenvalue weighted by atomic mass is 10.1. The van der Waals surface area contributed by atoms with E-state index < -0.39 is 29.9 Å². The first-order valence-electron chi connectivity index (χ1n) is 9.13. The van der Waals surface area contributed by atoms with Crippen LogP contribution in [0.25, 0.3) is 21.9 Å². The van der Waals surface area contributed by atoms with Crippen LogP contribution in [-0.2, 0) is 4.79 Å². The Hall–Kier alpha value is -4.20. The number of furan rings is 1. The molecule has 0 saturated carbocycles. The Morgan fingerprint density at radius 2 is 1.70 bits per heavy atom. The predicted octanol–water partition coefficient (Wildman–Crippen LogP) is 3.08. The van der Waals surface area contributed by atoms with Gasteiger partial charge in [0.25, 0.3) is 11.8 Å². The fourth-order valence-electron chi connectivity index (χ4n) is 3.57. The molecule has 0 radical (unpaired) electrons. The molecule has 8 heteroatoms. The molecule has 5 rings (SSSR count). The molecular weight excluding hydrogens is 388 g/mol. The van der Waals surface area contributed by atoms with Crippen molar-refractivity contribution >= 4 is 45.3 Å². The largest absolute Gasteiger partial charge is 0.464 e. The van der Waals surface area contributed by atoms with Crippen molar-refractivity contribution in [1.82, 2.24) is 4.90 Å². The van der Waals surface area contributed by atoms with Gasteiger partial charge < -0.3 is 14.2 Å². The van der Waals surface area contributed by atoms with E-state index in [4.69, 9.17) is 8.83 Å². The summed E-state index contributed by atoms with van der Waals surface area (Å²) in [4.78, 5) is 50.4. The maximum absolute atomic E-state index is 12.5. The highest BCUT2D eigenvalue weighted by atomic mass is 16.4. The van der Waals surface area contributed by atoms with E-state index in [1.165, 1.54) is 18.2 Å². The average molecular weight is 402 g/mol. The van der Waals surface area contributed by atoms with Crippen LogP contribution in [0.3, 0.4) is 0 Å². The molecule has 0 saturated heterocycles. The number of nitrogens with zero attached hydrogens (tertiary/aromatic N) is 1. The second-order valence-electron chi connectivity index (χ2n) is 7.04. The second-order valence-corrected chi connectivity index (χ2v) is 7.04. The van der Waals surface area contributed by atoms with E-state index in [9.17, 15) is 19.2 Å². The first kappa shape index (κ1) is 17.9. The first-order chi connectivity index (χ1) is 14.4. The third-order valence-corrected chi connectivity index (χ3v) is 5.08. The Labute approximate surface area is 168 Å². The smallest absolute Gasteiger partial charge is 0.360 e. The van der Waals surface area contributed by atoms with Crippen LogP contribution in [0.4, 0.5) is 5.69 Å². The zero-order valence-electron chi connectivity index (χ0n) is 15.7. The molecule has 8 nitrogen and oxygen atoms in total. The molecular formula is C22H14N2O6. The lowest BCUT2D eigenvalue weighted by Gasteiger charge is -2.13. The van der Waals surface area contributed by atoms with Gasteiger partial charge in [0, 0.05) is 16.8 Å². The Balaban J connectivity index is 1.42. The van der Waals surface area contributed by atoms with Gasteiger partial charge in [0.2, 0.25) is 5.91 Å². The molecule has 1 aliphatic heterocycles. The molecule has 0 bridgehead atoms. The van der Waals surface area contributed by atoms with E-state index in [0.717, 1.165) is 15.8 Å². The van der Waals surface area contributed by atoms with Gasteiger partial charge in [-0.1, -0.05) is 12.1 Å². The number of carbonyl (C=O) groups is 3. The van der Waals surface area contributed by atoms with Gasteiger partial charge in [0.15, 0.2) is 0 Å². The molecule has 148 valence electrons. The zero-order valence-corrected chi connectivity index (χ0v) is 15.7. The fourth-order valence-corrected chi connectivity index (χ4v) is 3.57. The molecule has 1 N–H and O–H groups in total. The summed E-state index contributed by atoms with van der Waals surface area (Å²) in [6.45, 7) is 1.38. The van der Waals surface area contributed by atoms with Crippen LogP contribution in [0, 0.1) is 6.92 Å². The number of anilines is 1. The minimum atomic E-state index is -0.749. The van der Waals surface area contributed by atoms with Gasteiger partial charge in [0.05, 0.1) is 17.4 Å². The van der Waals surface area contributed by atoms with Crippen molar-refractivity contribution in [1.29, 1.82) is 0 Å². The standard InChI is InChI=1S/C22H14N2O6/c1-11-10-29-18-8-17-12(6-15(11)18)7-16(22(28)30-17)23-19(25)9-24-20(26)13-4-2-3-5-14(13)21(24)27/h2-8,10H,9H2,1H3,(H,23,25). The number of aryl methyl sites for hydroxylation is 1. The van der Waals surface area contributed by atoms with Crippen molar-refractivity contribution in [3.05, 3.63) is 75.8 Å². The molecule has 0 fully saturated rings. The number of hydrogen-bond donors (Lipinski definition) is 1. The molecule has 0 atom stereocenters. The molecule has 0 unspecified atom stereocenters. The van der Waals surface area contributed by atoms with E-state index in [1.807, 2.05) is 6.92 Å². The minimum absolute atomic E-state index is 0.0791. The Kier molecular flexibility index (Phi) is 3.82. The first-order valence-corrected chi connectivity index (χ1v) is 9.13. The Morgan fingerprint density at radius 3 is 2.40 bits per heavy atom. The predicted molar refractivity (Wildman–Crippen MR) is 107 cm³/mol. The van der Waals surface area contributed by atoms with Gasteiger partial charge >= 0.3 is 5.63 Å². The van der Waals surface area contributed by atoms with Crippen molar-refractivity contribution in [2.75, 3.05) is 11.9 Å². The van der Waals surface area contributed by atoms with Crippen molar-refractivity contribution in [3.63, 3.8) is 0 Å². The highest BCUT2D eigenvalue weighted by Crippen LogP contribution is 2.27. The minimum Gasteiger partial charge on any atom is -0.464 e. The number of amides is 3. The van der Waals surface area contributed by atoms with Crippen molar-refractivity contribution < 1.29 is 23.2 Å². The lowest BCUT2D eigenvalue weighted by molar-refractivity contribution is -0.116. The molecule has 0 spiro atoms. The summed E-state index contributed by atoms with van der Waals surface area (Å²) < 4.78 is 10.7. The van der Waals surface area contributed by atoms with Crippen molar-refractivity contribution in [2.24, 2.45) is 0 Å². The van der Waals surface area contributed by atoms with Crippen LogP contribution < -0.4 is 10.9 Å². The maximum atomic E-state index is 12.5.